The molecule has 2 N–H and O–H groups in total. The molecule has 102 valence electrons. The molecule has 4 nitrogen and oxygen atoms in total. The van der Waals surface area contributed by atoms with Gasteiger partial charge in [-0.05, 0) is 18.8 Å². The Balaban J connectivity index is 2.14. The van der Waals surface area contributed by atoms with Crippen LogP contribution in [0.4, 0.5) is 0 Å². The number of aliphatic hydroxyl groups is 1. The number of hydrogen-bond donors (Lipinski definition) is 2. The molecule has 1 atom stereocenters. The fourth-order valence-corrected chi connectivity index (χ4v) is 2.06. The summed E-state index contributed by atoms with van der Waals surface area (Å²) in [5.41, 5.74) is 0. The smallest absolute Gasteiger partial charge is 0.0791 e. The molecule has 1 aliphatic rings. The number of methoxy groups -OCH3 is 1. The lowest BCUT2D eigenvalue weighted by Crippen LogP contribution is -2.41. The molecule has 0 radical (unpaired) electrons. The Morgan fingerprint density at radius 3 is 2.59 bits per heavy atom. The van der Waals surface area contributed by atoms with Gasteiger partial charge in [0.15, 0.2) is 0 Å². The average Bonchev–Trinajstić information content (AvgIpc) is 3.06. The van der Waals surface area contributed by atoms with Crippen molar-refractivity contribution in [2.75, 3.05) is 39.9 Å². The highest BCUT2D eigenvalue weighted by atomic mass is 16.5. The van der Waals surface area contributed by atoms with Crippen LogP contribution in [0.15, 0.2) is 0 Å². The Kier molecular flexibility index (Phi) is 7.04. The van der Waals surface area contributed by atoms with Crippen molar-refractivity contribution in [1.29, 1.82) is 0 Å². The van der Waals surface area contributed by atoms with Crippen LogP contribution in [0.1, 0.15) is 26.7 Å². The van der Waals surface area contributed by atoms with Crippen LogP contribution in [-0.4, -0.2) is 62.0 Å². The van der Waals surface area contributed by atoms with Gasteiger partial charge in [0.2, 0.25) is 0 Å². The van der Waals surface area contributed by atoms with Crippen molar-refractivity contribution in [3.8, 4) is 0 Å². The number of hydrogen-bond acceptors (Lipinski definition) is 4. The van der Waals surface area contributed by atoms with Gasteiger partial charge in [0.25, 0.3) is 0 Å². The third kappa shape index (κ3) is 6.99. The van der Waals surface area contributed by atoms with E-state index in [4.69, 9.17) is 4.74 Å². The van der Waals surface area contributed by atoms with Crippen LogP contribution in [0.2, 0.25) is 0 Å². The molecule has 0 aliphatic heterocycles. The average molecular weight is 244 g/mol. The fraction of sp³-hybridized carbons (Fsp3) is 1.00. The van der Waals surface area contributed by atoms with Gasteiger partial charge in [-0.2, -0.15) is 0 Å². The highest BCUT2D eigenvalue weighted by molar-refractivity contribution is 4.86. The molecule has 1 unspecified atom stereocenters. The maximum atomic E-state index is 9.96. The van der Waals surface area contributed by atoms with E-state index < -0.39 is 0 Å². The molecule has 0 amide bonds. The van der Waals surface area contributed by atoms with E-state index in [1.807, 2.05) is 0 Å². The molecule has 0 spiro atoms. The van der Waals surface area contributed by atoms with Gasteiger partial charge in [-0.15, -0.1) is 0 Å². The maximum Gasteiger partial charge on any atom is 0.0791 e. The zero-order valence-corrected chi connectivity index (χ0v) is 11.5. The molecule has 1 rings (SSSR count). The second-order valence-corrected chi connectivity index (χ2v) is 5.43. The van der Waals surface area contributed by atoms with Gasteiger partial charge in [-0.25, -0.2) is 0 Å². The van der Waals surface area contributed by atoms with Crippen molar-refractivity contribution in [2.24, 2.45) is 5.92 Å². The molecule has 0 heterocycles. The molecule has 1 saturated carbocycles. The first kappa shape index (κ1) is 14.9. The number of aliphatic hydroxyl groups excluding tert-OH is 1. The van der Waals surface area contributed by atoms with Crippen LogP contribution in [0.3, 0.4) is 0 Å². The predicted octanol–water partition coefficient (Wildman–Crippen LogP) is 0.704. The van der Waals surface area contributed by atoms with Gasteiger partial charge in [-0.1, -0.05) is 13.8 Å². The van der Waals surface area contributed by atoms with Crippen molar-refractivity contribution in [2.45, 2.75) is 38.8 Å². The summed E-state index contributed by atoms with van der Waals surface area (Å²) >= 11 is 0. The first-order chi connectivity index (χ1) is 8.13. The van der Waals surface area contributed by atoms with Gasteiger partial charge in [0.1, 0.15) is 0 Å². The molecule has 0 saturated heterocycles. The number of nitrogens with zero attached hydrogens (tertiary/aromatic N) is 1. The minimum atomic E-state index is -0.272. The van der Waals surface area contributed by atoms with E-state index in [1.54, 1.807) is 7.11 Å². The van der Waals surface area contributed by atoms with Crippen LogP contribution in [0.5, 0.6) is 0 Å². The number of ether oxygens (including phenoxy) is 1. The normalized spacial score (nSPS) is 18.0. The topological polar surface area (TPSA) is 44.7 Å². The monoisotopic (exact) mass is 244 g/mol. The van der Waals surface area contributed by atoms with Crippen LogP contribution in [-0.2, 0) is 4.74 Å². The Bertz CT molecular complexity index is 196. The van der Waals surface area contributed by atoms with E-state index in [0.29, 0.717) is 19.1 Å². The summed E-state index contributed by atoms with van der Waals surface area (Å²) in [5, 5.41) is 13.2. The minimum Gasteiger partial charge on any atom is -0.390 e. The highest BCUT2D eigenvalue weighted by Crippen LogP contribution is 2.27. The molecule has 0 aromatic carbocycles. The first-order valence-electron chi connectivity index (χ1n) is 6.75. The summed E-state index contributed by atoms with van der Waals surface area (Å²) in [5.74, 6) is 0.671. The van der Waals surface area contributed by atoms with E-state index >= 15 is 0 Å². The van der Waals surface area contributed by atoms with E-state index in [0.717, 1.165) is 25.7 Å². The quantitative estimate of drug-likeness (QED) is 0.555. The molecule has 4 heteroatoms. The zero-order chi connectivity index (χ0) is 12.7. The molecule has 0 aromatic heterocycles. The molecule has 1 aliphatic carbocycles. The fourth-order valence-electron chi connectivity index (χ4n) is 2.06. The molecule has 1 fully saturated rings. The van der Waals surface area contributed by atoms with Crippen molar-refractivity contribution in [1.82, 2.24) is 10.2 Å². The SMILES string of the molecule is COCCNCC(O)CN(CC(C)C)C1CC1. The Hall–Kier alpha value is -0.160. The third-order valence-electron chi connectivity index (χ3n) is 2.97. The van der Waals surface area contributed by atoms with E-state index in [-0.39, 0.29) is 6.10 Å². The third-order valence-corrected chi connectivity index (χ3v) is 2.97. The van der Waals surface area contributed by atoms with Crippen molar-refractivity contribution < 1.29 is 9.84 Å². The van der Waals surface area contributed by atoms with Gasteiger partial charge in [0, 0.05) is 39.3 Å². The lowest BCUT2D eigenvalue weighted by atomic mass is 10.2. The second kappa shape index (κ2) is 8.03. The van der Waals surface area contributed by atoms with Crippen molar-refractivity contribution in [3.05, 3.63) is 0 Å². The standard InChI is InChI=1S/C13H28N2O2/c1-11(2)9-15(12-4-5-12)10-13(16)8-14-6-7-17-3/h11-14,16H,4-10H2,1-3H3. The lowest BCUT2D eigenvalue weighted by Gasteiger charge is -2.26. The maximum absolute atomic E-state index is 9.96. The van der Waals surface area contributed by atoms with Crippen molar-refractivity contribution >= 4 is 0 Å². The summed E-state index contributed by atoms with van der Waals surface area (Å²) in [6.07, 6.45) is 2.33. The van der Waals surface area contributed by atoms with E-state index in [1.165, 1.54) is 12.8 Å². The first-order valence-corrected chi connectivity index (χ1v) is 6.75. The summed E-state index contributed by atoms with van der Waals surface area (Å²) in [7, 11) is 1.69. The summed E-state index contributed by atoms with van der Waals surface area (Å²) in [4.78, 5) is 2.44. The molecule has 0 bridgehead atoms. The van der Waals surface area contributed by atoms with Gasteiger partial charge in [-0.3, -0.25) is 4.90 Å². The van der Waals surface area contributed by atoms with Crippen molar-refractivity contribution in [3.63, 3.8) is 0 Å². The summed E-state index contributed by atoms with van der Waals surface area (Å²) in [6, 6.07) is 0.728. The summed E-state index contributed by atoms with van der Waals surface area (Å²) in [6.45, 7) is 8.52. The van der Waals surface area contributed by atoms with Crippen LogP contribution in [0, 0.1) is 5.92 Å². The van der Waals surface area contributed by atoms with Gasteiger partial charge >= 0.3 is 0 Å². The molecular formula is C13H28N2O2. The molecular weight excluding hydrogens is 216 g/mol. The second-order valence-electron chi connectivity index (χ2n) is 5.43. The van der Waals surface area contributed by atoms with Gasteiger partial charge < -0.3 is 15.2 Å². The van der Waals surface area contributed by atoms with Crippen LogP contribution in [0.25, 0.3) is 0 Å². The Morgan fingerprint density at radius 1 is 1.35 bits per heavy atom. The number of nitrogens with one attached hydrogen (secondary N) is 1. The Labute approximate surface area is 105 Å². The Morgan fingerprint density at radius 2 is 2.06 bits per heavy atom. The molecule has 0 aromatic rings. The predicted molar refractivity (Wildman–Crippen MR) is 70.2 cm³/mol. The highest BCUT2D eigenvalue weighted by Gasteiger charge is 2.30. The van der Waals surface area contributed by atoms with Crippen LogP contribution >= 0.6 is 0 Å². The summed E-state index contributed by atoms with van der Waals surface area (Å²) < 4.78 is 4.95. The minimum absolute atomic E-state index is 0.272. The van der Waals surface area contributed by atoms with Crippen LogP contribution < -0.4 is 5.32 Å². The van der Waals surface area contributed by atoms with E-state index in [2.05, 4.69) is 24.1 Å². The zero-order valence-electron chi connectivity index (χ0n) is 11.5. The number of rotatable bonds is 10. The largest absolute Gasteiger partial charge is 0.390 e. The molecule has 17 heavy (non-hydrogen) atoms. The van der Waals surface area contributed by atoms with E-state index in [9.17, 15) is 5.11 Å². The lowest BCUT2D eigenvalue weighted by molar-refractivity contribution is 0.0977. The van der Waals surface area contributed by atoms with Gasteiger partial charge in [0.05, 0.1) is 12.7 Å².